The molecule has 1 fully saturated rings. The normalized spacial score (nSPS) is 16.5. The number of urea groups is 1. The fourth-order valence-electron chi connectivity index (χ4n) is 3.40. The molecule has 4 rings (SSSR count). The van der Waals surface area contributed by atoms with Crippen molar-refractivity contribution in [2.24, 2.45) is 0 Å². The Bertz CT molecular complexity index is 1060. The third kappa shape index (κ3) is 3.33. The number of anilines is 1. The number of amides is 2. The van der Waals surface area contributed by atoms with Crippen molar-refractivity contribution in [3.63, 3.8) is 0 Å². The monoisotopic (exact) mass is 381 g/mol. The van der Waals surface area contributed by atoms with E-state index in [9.17, 15) is 14.0 Å². The second-order valence-corrected chi connectivity index (χ2v) is 6.94. The van der Waals surface area contributed by atoms with Gasteiger partial charge in [0.25, 0.3) is 0 Å². The highest BCUT2D eigenvalue weighted by atomic mass is 19.1. The number of carbonyl (C=O) groups is 2. The molecule has 1 aliphatic rings. The van der Waals surface area contributed by atoms with Gasteiger partial charge in [-0.3, -0.25) is 9.36 Å². The summed E-state index contributed by atoms with van der Waals surface area (Å²) in [5.74, 6) is 0.507. The summed E-state index contributed by atoms with van der Waals surface area (Å²) in [5.41, 5.74) is 2.89. The maximum Gasteiger partial charge on any atom is 0.322 e. The Labute approximate surface area is 161 Å². The molecule has 0 radical (unpaired) electrons. The first kappa shape index (κ1) is 18.1. The van der Waals surface area contributed by atoms with Crippen molar-refractivity contribution in [3.8, 4) is 11.1 Å². The Morgan fingerprint density at radius 1 is 1.21 bits per heavy atom. The minimum atomic E-state index is -0.983. The van der Waals surface area contributed by atoms with E-state index in [1.807, 2.05) is 25.1 Å². The lowest BCUT2D eigenvalue weighted by atomic mass is 10.1. The van der Waals surface area contributed by atoms with Gasteiger partial charge in [0, 0.05) is 43.0 Å². The van der Waals surface area contributed by atoms with Crippen molar-refractivity contribution in [3.05, 3.63) is 42.6 Å². The highest BCUT2D eigenvalue weighted by Gasteiger charge is 2.26. The van der Waals surface area contributed by atoms with E-state index in [0.29, 0.717) is 30.0 Å². The van der Waals surface area contributed by atoms with Crippen LogP contribution >= 0.6 is 0 Å². The molecule has 1 atom stereocenters. The van der Waals surface area contributed by atoms with Crippen LogP contribution in [0.4, 0.5) is 14.9 Å². The predicted octanol–water partition coefficient (Wildman–Crippen LogP) is 3.64. The third-order valence-electron chi connectivity index (χ3n) is 4.92. The predicted molar refractivity (Wildman–Crippen MR) is 104 cm³/mol. The second-order valence-electron chi connectivity index (χ2n) is 6.94. The van der Waals surface area contributed by atoms with E-state index in [4.69, 9.17) is 0 Å². The number of nitrogens with zero attached hydrogens (tertiary/aromatic N) is 4. The molecule has 8 heteroatoms. The Morgan fingerprint density at radius 3 is 2.61 bits per heavy atom. The quantitative estimate of drug-likeness (QED) is 0.735. The largest absolute Gasteiger partial charge is 0.322 e. The van der Waals surface area contributed by atoms with Crippen molar-refractivity contribution in [1.82, 2.24) is 19.4 Å². The van der Waals surface area contributed by atoms with Crippen LogP contribution in [0.3, 0.4) is 0 Å². The molecular weight excluding hydrogens is 361 g/mol. The van der Waals surface area contributed by atoms with Crippen molar-refractivity contribution in [2.45, 2.75) is 26.4 Å². The van der Waals surface area contributed by atoms with Crippen LogP contribution in [0, 0.1) is 6.92 Å². The van der Waals surface area contributed by atoms with Gasteiger partial charge in [0.15, 0.2) is 0 Å². The Kier molecular flexibility index (Phi) is 4.54. The summed E-state index contributed by atoms with van der Waals surface area (Å²) in [6, 6.07) is 5.25. The fourth-order valence-corrected chi connectivity index (χ4v) is 3.40. The van der Waals surface area contributed by atoms with Crippen LogP contribution < -0.4 is 5.32 Å². The average molecular weight is 381 g/mol. The molecule has 3 aromatic rings. The smallest absolute Gasteiger partial charge is 0.322 e. The molecule has 28 heavy (non-hydrogen) atoms. The zero-order chi connectivity index (χ0) is 19.8. The molecule has 3 heterocycles. The van der Waals surface area contributed by atoms with Crippen molar-refractivity contribution < 1.29 is 14.0 Å². The van der Waals surface area contributed by atoms with Gasteiger partial charge in [0.2, 0.25) is 5.91 Å². The fraction of sp³-hybridized carbons (Fsp3) is 0.300. The van der Waals surface area contributed by atoms with Crippen LogP contribution in [0.2, 0.25) is 0 Å². The topological polar surface area (TPSA) is 80.1 Å². The summed E-state index contributed by atoms with van der Waals surface area (Å²) in [6.45, 7) is 3.75. The first-order valence-electron chi connectivity index (χ1n) is 9.07. The van der Waals surface area contributed by atoms with Gasteiger partial charge in [0.1, 0.15) is 12.0 Å². The molecule has 7 nitrogen and oxygen atoms in total. The number of fused-ring (bicyclic) bond motifs is 1. The van der Waals surface area contributed by atoms with Gasteiger partial charge in [-0.2, -0.15) is 0 Å². The minimum Gasteiger partial charge on any atom is -0.322 e. The molecule has 1 saturated heterocycles. The van der Waals surface area contributed by atoms with E-state index in [0.717, 1.165) is 16.5 Å². The van der Waals surface area contributed by atoms with E-state index in [1.54, 1.807) is 18.6 Å². The number of halogens is 1. The van der Waals surface area contributed by atoms with Crippen molar-refractivity contribution in [2.75, 3.05) is 18.4 Å². The highest BCUT2D eigenvalue weighted by Crippen LogP contribution is 2.31. The molecule has 1 N–H and O–H groups in total. The minimum absolute atomic E-state index is 0.0920. The number of hydrogen-bond donors (Lipinski definition) is 1. The van der Waals surface area contributed by atoms with Crippen LogP contribution in [-0.4, -0.2) is 50.6 Å². The molecule has 0 bridgehead atoms. The first-order valence-corrected chi connectivity index (χ1v) is 9.07. The molecule has 1 aliphatic heterocycles. The van der Waals surface area contributed by atoms with Gasteiger partial charge in [-0.1, -0.05) is 12.1 Å². The number of benzene rings is 1. The van der Waals surface area contributed by atoms with E-state index in [-0.39, 0.29) is 18.5 Å². The van der Waals surface area contributed by atoms with Gasteiger partial charge >= 0.3 is 6.03 Å². The molecule has 2 aromatic heterocycles. The summed E-state index contributed by atoms with van der Waals surface area (Å²) < 4.78 is 14.9. The summed E-state index contributed by atoms with van der Waals surface area (Å²) >= 11 is 0. The molecule has 2 amide bonds. The number of alkyl halides is 1. The maximum atomic E-state index is 13.4. The number of rotatable bonds is 2. The van der Waals surface area contributed by atoms with E-state index in [2.05, 4.69) is 15.3 Å². The van der Waals surface area contributed by atoms with E-state index in [1.165, 1.54) is 16.4 Å². The third-order valence-corrected chi connectivity index (χ3v) is 4.92. The summed E-state index contributed by atoms with van der Waals surface area (Å²) in [5, 5.41) is 3.54. The van der Waals surface area contributed by atoms with Gasteiger partial charge < -0.3 is 10.2 Å². The molecule has 1 unspecified atom stereocenters. The SMILES string of the molecule is CC(=O)n1cc(NC(=O)N2CCC(F)C2)c2ccc(-c3cnc(C)nc3)cc21. The maximum absolute atomic E-state index is 13.4. The number of hydrogen-bond acceptors (Lipinski definition) is 4. The molecule has 0 aliphatic carbocycles. The molecule has 144 valence electrons. The standard InChI is InChI=1S/C20H20FN5O2/c1-12-22-8-15(9-23-12)14-3-4-17-18(11-26(13(2)27)19(17)7-14)24-20(28)25-6-5-16(21)10-25/h3-4,7-9,11,16H,5-6,10H2,1-2H3,(H,24,28). The Hall–Kier alpha value is -3.29. The van der Waals surface area contributed by atoms with Crippen LogP contribution in [0.15, 0.2) is 36.8 Å². The van der Waals surface area contributed by atoms with E-state index < -0.39 is 6.17 Å². The summed E-state index contributed by atoms with van der Waals surface area (Å²) in [7, 11) is 0. The first-order chi connectivity index (χ1) is 13.4. The van der Waals surface area contributed by atoms with Gasteiger partial charge in [-0.15, -0.1) is 0 Å². The highest BCUT2D eigenvalue weighted by molar-refractivity contribution is 6.05. The zero-order valence-corrected chi connectivity index (χ0v) is 15.6. The lowest BCUT2D eigenvalue weighted by Gasteiger charge is -2.15. The number of likely N-dealkylation sites (tertiary alicyclic amines) is 1. The molecular formula is C20H20FN5O2. The number of carbonyl (C=O) groups excluding carboxylic acids is 2. The molecule has 1 aromatic carbocycles. The van der Waals surface area contributed by atoms with Gasteiger partial charge in [-0.05, 0) is 25.0 Å². The van der Waals surface area contributed by atoms with E-state index >= 15 is 0 Å². The lowest BCUT2D eigenvalue weighted by molar-refractivity contribution is 0.0941. The summed E-state index contributed by atoms with van der Waals surface area (Å²) in [6.07, 6.45) is 4.43. The van der Waals surface area contributed by atoms with Crippen molar-refractivity contribution >= 4 is 28.5 Å². The number of nitrogens with one attached hydrogen (secondary N) is 1. The molecule has 0 saturated carbocycles. The number of aromatic nitrogens is 3. The zero-order valence-electron chi connectivity index (χ0n) is 15.6. The molecule has 0 spiro atoms. The summed E-state index contributed by atoms with van der Waals surface area (Å²) in [4.78, 5) is 34.4. The average Bonchev–Trinajstić information content (AvgIpc) is 3.26. The second kappa shape index (κ2) is 7.03. The Morgan fingerprint density at radius 2 is 1.96 bits per heavy atom. The van der Waals surface area contributed by atoms with Crippen LogP contribution in [0.25, 0.3) is 22.0 Å². The van der Waals surface area contributed by atoms with Gasteiger partial charge in [0.05, 0.1) is 17.7 Å². The van der Waals surface area contributed by atoms with Crippen LogP contribution in [-0.2, 0) is 0 Å². The lowest BCUT2D eigenvalue weighted by Crippen LogP contribution is -2.33. The van der Waals surface area contributed by atoms with Gasteiger partial charge in [-0.25, -0.2) is 19.2 Å². The Balaban J connectivity index is 1.71. The van der Waals surface area contributed by atoms with Crippen molar-refractivity contribution in [1.29, 1.82) is 0 Å². The van der Waals surface area contributed by atoms with Crippen LogP contribution in [0.5, 0.6) is 0 Å². The number of aryl methyl sites for hydroxylation is 1. The van der Waals surface area contributed by atoms with Crippen LogP contribution in [0.1, 0.15) is 24.0 Å².